The first-order valence-electron chi connectivity index (χ1n) is 19.3. The molecule has 2 aromatic rings. The van der Waals surface area contributed by atoms with Crippen molar-refractivity contribution in [3.8, 4) is 11.6 Å². The first-order chi connectivity index (χ1) is 26.8. The number of nitrogens with zero attached hydrogens (tertiary/aromatic N) is 2. The van der Waals surface area contributed by atoms with Crippen LogP contribution < -0.4 is 24.8 Å². The van der Waals surface area contributed by atoms with Crippen molar-refractivity contribution < 1.29 is 55.0 Å². The van der Waals surface area contributed by atoms with Crippen LogP contribution in [0.2, 0.25) is 0 Å². The van der Waals surface area contributed by atoms with Gasteiger partial charge in [-0.05, 0) is 93.9 Å². The normalized spacial score (nSPS) is 29.2. The molecule has 0 unspecified atom stereocenters. The molecule has 0 bridgehead atoms. The number of fused-ring (bicyclic) bond motifs is 3. The van der Waals surface area contributed by atoms with E-state index in [0.29, 0.717) is 63.5 Å². The van der Waals surface area contributed by atoms with Crippen LogP contribution in [0, 0.1) is 17.8 Å². The van der Waals surface area contributed by atoms with Crippen LogP contribution in [0.5, 0.6) is 11.6 Å². The van der Waals surface area contributed by atoms with Gasteiger partial charge in [0.1, 0.15) is 29.5 Å². The van der Waals surface area contributed by atoms with Crippen LogP contribution in [-0.2, 0) is 29.1 Å². The van der Waals surface area contributed by atoms with Crippen molar-refractivity contribution >= 4 is 44.6 Å². The molecule has 0 spiro atoms. The smallest absolute Gasteiger partial charge is 0.427 e. The summed E-state index contributed by atoms with van der Waals surface area (Å²) < 4.78 is 85.7. The van der Waals surface area contributed by atoms with Gasteiger partial charge in [-0.25, -0.2) is 18.2 Å². The summed E-state index contributed by atoms with van der Waals surface area (Å²) in [5, 5.41) is 5.89. The second kappa shape index (κ2) is 16.0. The van der Waals surface area contributed by atoms with E-state index in [2.05, 4.69) is 20.3 Å². The molecule has 1 aromatic heterocycles. The summed E-state index contributed by atoms with van der Waals surface area (Å²) in [6, 6.07) is 4.30. The van der Waals surface area contributed by atoms with Crippen LogP contribution in [0.15, 0.2) is 42.6 Å². The lowest BCUT2D eigenvalue weighted by Gasteiger charge is -2.35. The number of carbonyl (C=O) groups is 4. The van der Waals surface area contributed by atoms with Gasteiger partial charge in [-0.3, -0.25) is 19.1 Å². The van der Waals surface area contributed by atoms with Crippen LogP contribution in [0.25, 0.3) is 10.8 Å². The molecular formula is C39H50F3N5O9S. The maximum atomic E-state index is 14.8. The van der Waals surface area contributed by atoms with Crippen molar-refractivity contribution in [2.45, 2.75) is 120 Å². The highest BCUT2D eigenvalue weighted by molar-refractivity contribution is 7.91. The average molecular weight is 822 g/mol. The summed E-state index contributed by atoms with van der Waals surface area (Å²) in [5.41, 5.74) is -4.50. The molecule has 1 aromatic carbocycles. The number of hydrogen-bond acceptors (Lipinski definition) is 10. The second-order valence-corrected chi connectivity index (χ2v) is 18.1. The van der Waals surface area contributed by atoms with E-state index in [0.717, 1.165) is 5.39 Å². The molecule has 3 N–H and O–H groups in total. The Kier molecular flexibility index (Phi) is 11.8. The van der Waals surface area contributed by atoms with Crippen molar-refractivity contribution in [2.24, 2.45) is 17.8 Å². The maximum absolute atomic E-state index is 14.8. The van der Waals surface area contributed by atoms with Crippen molar-refractivity contribution in [1.82, 2.24) is 25.2 Å². The number of nitrogens with one attached hydrogen (secondary N) is 3. The Hall–Kier alpha value is -4.61. The van der Waals surface area contributed by atoms with Gasteiger partial charge in [0, 0.05) is 23.9 Å². The fourth-order valence-electron chi connectivity index (χ4n) is 7.67. The number of sulfonamides is 1. The third-order valence-corrected chi connectivity index (χ3v) is 13.3. The zero-order valence-corrected chi connectivity index (χ0v) is 33.4. The number of aromatic nitrogens is 1. The molecular weight excluding hydrogens is 772 g/mol. The summed E-state index contributed by atoms with van der Waals surface area (Å²) >= 11 is 0. The lowest BCUT2D eigenvalue weighted by atomic mass is 9.85. The summed E-state index contributed by atoms with van der Waals surface area (Å²) in [6.45, 7) is 4.96. The Balaban J connectivity index is 1.36. The van der Waals surface area contributed by atoms with Crippen molar-refractivity contribution in [2.75, 3.05) is 13.7 Å². The molecule has 7 atom stereocenters. The zero-order valence-electron chi connectivity index (χ0n) is 32.6. The summed E-state index contributed by atoms with van der Waals surface area (Å²) in [5.74, 6) is -2.74. The largest absolute Gasteiger partial charge is 0.497 e. The highest BCUT2D eigenvalue weighted by atomic mass is 32.2. The standard InChI is InChI=1S/C39H50F3N5O9S/c1-6-23-17-22(2)9-7-8-10-25-20-38(25,35(50)46-57(52,53)28-12-13-28)45-32(48)30-19-27(55-33-29-14-11-26(54-5)18-24(29)15-16-43-33)21-47(30)34(49)31(23)44-36(51)56-37(3,4)39(40,41)42/h8,10-11,14-16,18,22-23,25,27-28,30-31H,6-7,9,12-13,17,19-21H2,1-5H3,(H,44,51)(H,45,48)(H,46,50)/b10-8-/t22-,23-,25-,27-,30+,31+,38-/m1/s1. The summed E-state index contributed by atoms with van der Waals surface area (Å²) in [6.07, 6.45) is 0.729. The van der Waals surface area contributed by atoms with Crippen molar-refractivity contribution in [1.29, 1.82) is 0 Å². The van der Waals surface area contributed by atoms with E-state index < -0.39 is 86.4 Å². The van der Waals surface area contributed by atoms with Gasteiger partial charge in [0.05, 0.1) is 18.9 Å². The van der Waals surface area contributed by atoms with E-state index in [1.165, 1.54) is 18.2 Å². The molecule has 1 saturated heterocycles. The van der Waals surface area contributed by atoms with Crippen LogP contribution in [-0.4, -0.2) is 96.5 Å². The van der Waals surface area contributed by atoms with Crippen LogP contribution in [0.3, 0.4) is 0 Å². The predicted octanol–water partition coefficient (Wildman–Crippen LogP) is 4.91. The lowest BCUT2D eigenvalue weighted by Crippen LogP contribution is -2.59. The number of pyridine rings is 1. The number of ether oxygens (including phenoxy) is 3. The third-order valence-electron chi connectivity index (χ3n) is 11.5. The summed E-state index contributed by atoms with van der Waals surface area (Å²) in [4.78, 5) is 61.9. The number of alkyl halides is 3. The van der Waals surface area contributed by atoms with E-state index >= 15 is 0 Å². The zero-order chi connectivity index (χ0) is 41.5. The lowest BCUT2D eigenvalue weighted by molar-refractivity contribution is -0.244. The van der Waals surface area contributed by atoms with Gasteiger partial charge in [0.2, 0.25) is 33.3 Å². The Bertz CT molecular complexity index is 2020. The Morgan fingerprint density at radius 1 is 1.11 bits per heavy atom. The molecule has 3 heterocycles. The fraction of sp³-hybridized carbons (Fsp3) is 0.615. The Morgan fingerprint density at radius 3 is 2.51 bits per heavy atom. The van der Waals surface area contributed by atoms with Gasteiger partial charge in [-0.2, -0.15) is 13.2 Å². The topological polar surface area (TPSA) is 182 Å². The van der Waals surface area contributed by atoms with E-state index in [1.54, 1.807) is 37.3 Å². The molecule has 6 rings (SSSR count). The second-order valence-electron chi connectivity index (χ2n) is 16.2. The van der Waals surface area contributed by atoms with E-state index in [4.69, 9.17) is 14.2 Å². The van der Waals surface area contributed by atoms with Gasteiger partial charge < -0.3 is 29.7 Å². The monoisotopic (exact) mass is 821 g/mol. The number of benzene rings is 1. The minimum atomic E-state index is -4.91. The molecule has 14 nitrogen and oxygen atoms in total. The van der Waals surface area contributed by atoms with E-state index in [-0.39, 0.29) is 31.2 Å². The summed E-state index contributed by atoms with van der Waals surface area (Å²) in [7, 11) is -2.45. The van der Waals surface area contributed by atoms with Crippen LogP contribution in [0.1, 0.15) is 79.1 Å². The number of allylic oxidation sites excluding steroid dienone is 1. The number of alkyl carbamates (subject to hydrolysis) is 1. The fourth-order valence-corrected chi connectivity index (χ4v) is 9.03. The Morgan fingerprint density at radius 2 is 1.84 bits per heavy atom. The molecule has 2 aliphatic heterocycles. The predicted molar refractivity (Wildman–Crippen MR) is 201 cm³/mol. The molecule has 4 aliphatic rings. The molecule has 312 valence electrons. The third kappa shape index (κ3) is 9.10. The van der Waals surface area contributed by atoms with E-state index in [1.807, 2.05) is 13.0 Å². The van der Waals surface area contributed by atoms with Crippen LogP contribution >= 0.6 is 0 Å². The number of hydrogen-bond donors (Lipinski definition) is 3. The van der Waals surface area contributed by atoms with Crippen molar-refractivity contribution in [3.63, 3.8) is 0 Å². The average Bonchev–Trinajstić information content (AvgIpc) is 4.07. The molecule has 3 fully saturated rings. The first kappa shape index (κ1) is 42.0. The molecule has 57 heavy (non-hydrogen) atoms. The molecule has 2 saturated carbocycles. The van der Waals surface area contributed by atoms with Gasteiger partial charge >= 0.3 is 12.3 Å². The van der Waals surface area contributed by atoms with Gasteiger partial charge in [-0.1, -0.05) is 32.4 Å². The number of amides is 4. The van der Waals surface area contributed by atoms with E-state index in [9.17, 15) is 40.8 Å². The number of methoxy groups -OCH3 is 1. The quantitative estimate of drug-likeness (QED) is 0.294. The Labute approximate surface area is 329 Å². The van der Waals surface area contributed by atoms with Gasteiger partial charge in [-0.15, -0.1) is 0 Å². The van der Waals surface area contributed by atoms with Crippen LogP contribution in [0.4, 0.5) is 18.0 Å². The number of halogens is 3. The molecule has 0 radical (unpaired) electrons. The van der Waals surface area contributed by atoms with Gasteiger partial charge in [0.15, 0.2) is 0 Å². The van der Waals surface area contributed by atoms with Crippen molar-refractivity contribution in [3.05, 3.63) is 42.6 Å². The minimum absolute atomic E-state index is 0.0262. The highest BCUT2D eigenvalue weighted by Gasteiger charge is 2.62. The number of rotatable bonds is 9. The number of carbonyl (C=O) groups excluding carboxylic acids is 4. The molecule has 4 amide bonds. The molecule has 18 heteroatoms. The van der Waals surface area contributed by atoms with Gasteiger partial charge in [0.25, 0.3) is 5.91 Å². The SMILES string of the molecule is CC[C@@H]1C[C@H](C)CC/C=C\[C@@H]2C[C@@]2(C(=O)NS(=O)(=O)C2CC2)NC(=O)[C@@H]2C[C@@H](Oc3nccc4cc(OC)ccc34)CN2C(=O)[C@H]1NC(=O)OC(C)(C)C(F)(F)F. The maximum Gasteiger partial charge on any atom is 0.427 e. The minimum Gasteiger partial charge on any atom is -0.497 e. The highest BCUT2D eigenvalue weighted by Crippen LogP contribution is 2.46. The first-order valence-corrected chi connectivity index (χ1v) is 20.8. The molecule has 2 aliphatic carbocycles.